The van der Waals surface area contributed by atoms with Crippen LogP contribution in [0.1, 0.15) is 32.8 Å². The zero-order chi connectivity index (χ0) is 25.0. The van der Waals surface area contributed by atoms with E-state index in [1.54, 1.807) is 3.97 Å². The Balaban J connectivity index is 2.13. The number of carbonyl (C=O) groups excluding carboxylic acids is 3. The van der Waals surface area contributed by atoms with Gasteiger partial charge in [-0.25, -0.2) is 12.4 Å². The second-order valence-electron chi connectivity index (χ2n) is 9.85. The van der Waals surface area contributed by atoms with Gasteiger partial charge < -0.3 is 15.4 Å². The number of nitrogens with zero attached hydrogens (tertiary/aromatic N) is 1. The molecule has 0 aliphatic carbocycles. The third-order valence-electron chi connectivity index (χ3n) is 6.41. The molecular weight excluding hydrogens is 462 g/mol. The first kappa shape index (κ1) is 27.0. The topological polar surface area (TPSA) is 122 Å². The summed E-state index contributed by atoms with van der Waals surface area (Å²) in [6.07, 6.45) is 0.204. The maximum Gasteiger partial charge on any atom is 0.325 e. The highest BCUT2D eigenvalue weighted by molar-refractivity contribution is 7.92. The summed E-state index contributed by atoms with van der Waals surface area (Å²) >= 11 is 0. The van der Waals surface area contributed by atoms with Crippen LogP contribution in [0.15, 0.2) is 30.3 Å². The van der Waals surface area contributed by atoms with Gasteiger partial charge in [0.2, 0.25) is 21.8 Å². The SMILES string of the molecule is COC(=O)CNC(=O)[C@H](Cc1ccccc1)NC(=O)CC1CS(=O)(=O)N1[Si](C)(C)C(C)(C)C. The molecule has 0 bridgehead atoms. The van der Waals surface area contributed by atoms with Crippen molar-refractivity contribution in [2.75, 3.05) is 19.4 Å². The maximum absolute atomic E-state index is 12.9. The Kier molecular flexibility index (Phi) is 8.47. The molecule has 2 rings (SSSR count). The number of ether oxygens (including phenoxy) is 1. The van der Waals surface area contributed by atoms with Gasteiger partial charge in [-0.2, -0.15) is 0 Å². The van der Waals surface area contributed by atoms with Gasteiger partial charge in [0.15, 0.2) is 0 Å². The van der Waals surface area contributed by atoms with Crippen LogP contribution in [0.25, 0.3) is 0 Å². The van der Waals surface area contributed by atoms with Crippen molar-refractivity contribution in [3.8, 4) is 0 Å². The minimum Gasteiger partial charge on any atom is -0.468 e. The molecule has 2 atom stereocenters. The van der Waals surface area contributed by atoms with Crippen molar-refractivity contribution in [2.24, 2.45) is 0 Å². The van der Waals surface area contributed by atoms with E-state index in [1.807, 2.05) is 64.2 Å². The fourth-order valence-corrected chi connectivity index (χ4v) is 10.7. The van der Waals surface area contributed by atoms with Gasteiger partial charge in [0, 0.05) is 18.9 Å². The first-order valence-electron chi connectivity index (χ1n) is 10.9. The lowest BCUT2D eigenvalue weighted by molar-refractivity contribution is -0.141. The molecule has 1 aromatic rings. The fraction of sp³-hybridized carbons (Fsp3) is 0.591. The normalized spacial score (nSPS) is 19.2. The molecule has 11 heteroatoms. The van der Waals surface area contributed by atoms with E-state index in [1.165, 1.54) is 7.11 Å². The summed E-state index contributed by atoms with van der Waals surface area (Å²) in [5.74, 6) is -1.60. The standard InChI is InChI=1S/C22H35N3O6SSi/c1-22(2,3)33(5,6)25-17(15-32(25,29)30)13-19(26)24-18(12-16-10-8-7-9-11-16)21(28)23-14-20(27)31-4/h7-11,17-18H,12-15H2,1-6H3,(H,23,28)(H,24,26)/t17?,18-/m0/s1. The zero-order valence-corrected chi connectivity index (χ0v) is 22.0. The highest BCUT2D eigenvalue weighted by atomic mass is 32.2. The van der Waals surface area contributed by atoms with Gasteiger partial charge >= 0.3 is 5.97 Å². The molecule has 1 fully saturated rings. The summed E-state index contributed by atoms with van der Waals surface area (Å²) in [7, 11) is -4.57. The molecule has 0 spiro atoms. The van der Waals surface area contributed by atoms with Gasteiger partial charge in [-0.1, -0.05) is 64.2 Å². The number of amides is 2. The third-order valence-corrected chi connectivity index (χ3v) is 15.5. The number of esters is 1. The number of rotatable bonds is 9. The molecule has 33 heavy (non-hydrogen) atoms. The van der Waals surface area contributed by atoms with Crippen LogP contribution < -0.4 is 10.6 Å². The Labute approximate surface area is 197 Å². The van der Waals surface area contributed by atoms with E-state index in [2.05, 4.69) is 15.4 Å². The molecule has 1 aromatic carbocycles. The smallest absolute Gasteiger partial charge is 0.325 e. The number of carbonyl (C=O) groups is 3. The highest BCUT2D eigenvalue weighted by Gasteiger charge is 2.56. The molecule has 0 radical (unpaired) electrons. The zero-order valence-electron chi connectivity index (χ0n) is 20.2. The minimum atomic E-state index is -3.39. The van der Waals surface area contributed by atoms with Crippen LogP contribution in [-0.2, 0) is 35.6 Å². The van der Waals surface area contributed by atoms with Crippen molar-refractivity contribution in [2.45, 2.75) is 63.8 Å². The number of methoxy groups -OCH3 is 1. The van der Waals surface area contributed by atoms with Gasteiger partial charge in [0.05, 0.1) is 12.9 Å². The Bertz CT molecular complexity index is 976. The van der Waals surface area contributed by atoms with Crippen molar-refractivity contribution >= 4 is 36.0 Å². The molecule has 0 aromatic heterocycles. The van der Waals surface area contributed by atoms with Crippen LogP contribution in [0.3, 0.4) is 0 Å². The van der Waals surface area contributed by atoms with Crippen molar-refractivity contribution in [3.63, 3.8) is 0 Å². The van der Waals surface area contributed by atoms with Crippen LogP contribution in [0.2, 0.25) is 18.1 Å². The van der Waals surface area contributed by atoms with Crippen LogP contribution in [0.5, 0.6) is 0 Å². The van der Waals surface area contributed by atoms with E-state index >= 15 is 0 Å². The molecule has 1 saturated heterocycles. The van der Waals surface area contributed by atoms with Crippen LogP contribution in [0, 0.1) is 0 Å². The maximum atomic E-state index is 12.9. The summed E-state index contributed by atoms with van der Waals surface area (Å²) in [5, 5.41) is 5.00. The Morgan fingerprint density at radius 3 is 2.30 bits per heavy atom. The molecule has 1 aliphatic rings. The molecule has 2 amide bonds. The molecule has 9 nitrogen and oxygen atoms in total. The van der Waals surface area contributed by atoms with Crippen molar-refractivity contribution in [1.29, 1.82) is 0 Å². The van der Waals surface area contributed by atoms with Crippen molar-refractivity contribution in [3.05, 3.63) is 35.9 Å². The Morgan fingerprint density at radius 1 is 1.18 bits per heavy atom. The number of nitrogens with one attached hydrogen (secondary N) is 2. The fourth-order valence-electron chi connectivity index (χ4n) is 3.69. The Hall–Kier alpha value is -2.24. The van der Waals surface area contributed by atoms with E-state index in [0.29, 0.717) is 0 Å². The third kappa shape index (κ3) is 6.64. The van der Waals surface area contributed by atoms with E-state index in [9.17, 15) is 22.8 Å². The predicted molar refractivity (Wildman–Crippen MR) is 128 cm³/mol. The Morgan fingerprint density at radius 2 is 1.79 bits per heavy atom. The quantitative estimate of drug-likeness (QED) is 0.393. The molecule has 1 unspecified atom stereocenters. The molecule has 184 valence electrons. The highest BCUT2D eigenvalue weighted by Crippen LogP contribution is 2.44. The summed E-state index contributed by atoms with van der Waals surface area (Å²) in [4.78, 5) is 37.0. The average molecular weight is 498 g/mol. The van der Waals surface area contributed by atoms with Gasteiger partial charge in [-0.05, 0) is 10.6 Å². The summed E-state index contributed by atoms with van der Waals surface area (Å²) in [6.45, 7) is 9.74. The second kappa shape index (κ2) is 10.4. The lowest BCUT2D eigenvalue weighted by Crippen LogP contribution is -2.70. The molecule has 1 aliphatic heterocycles. The van der Waals surface area contributed by atoms with Gasteiger partial charge in [-0.3, -0.25) is 14.4 Å². The van der Waals surface area contributed by atoms with Crippen LogP contribution in [0.4, 0.5) is 0 Å². The van der Waals surface area contributed by atoms with Gasteiger partial charge in [-0.15, -0.1) is 0 Å². The van der Waals surface area contributed by atoms with Gasteiger partial charge in [0.1, 0.15) is 20.8 Å². The van der Waals surface area contributed by atoms with E-state index in [4.69, 9.17) is 0 Å². The van der Waals surface area contributed by atoms with Crippen molar-refractivity contribution < 1.29 is 27.5 Å². The molecule has 1 heterocycles. The monoisotopic (exact) mass is 497 g/mol. The molecule has 2 N–H and O–H groups in total. The van der Waals surface area contributed by atoms with E-state index in [0.717, 1.165) is 5.56 Å². The largest absolute Gasteiger partial charge is 0.468 e. The molecular formula is C22H35N3O6SSi. The number of hydrogen-bond acceptors (Lipinski definition) is 6. The van der Waals surface area contributed by atoms with Crippen molar-refractivity contribution in [1.82, 2.24) is 14.6 Å². The minimum absolute atomic E-state index is 0.0265. The lowest BCUT2D eigenvalue weighted by atomic mass is 10.0. The van der Waals surface area contributed by atoms with Crippen LogP contribution >= 0.6 is 0 Å². The summed E-state index contributed by atoms with van der Waals surface area (Å²) < 4.78 is 31.3. The number of benzene rings is 1. The van der Waals surface area contributed by atoms with Gasteiger partial charge in [0.25, 0.3) is 0 Å². The average Bonchev–Trinajstić information content (AvgIpc) is 2.69. The summed E-state index contributed by atoms with van der Waals surface area (Å²) in [5.41, 5.74) is 0.838. The second-order valence-corrected chi connectivity index (χ2v) is 17.2. The van der Waals surface area contributed by atoms with Crippen LogP contribution in [-0.4, -0.2) is 69.9 Å². The number of hydrogen-bond donors (Lipinski definition) is 2. The predicted octanol–water partition coefficient (Wildman–Crippen LogP) is 1.41. The first-order valence-corrected chi connectivity index (χ1v) is 15.4. The lowest BCUT2D eigenvalue weighted by Gasteiger charge is -2.53. The summed E-state index contributed by atoms with van der Waals surface area (Å²) in [6, 6.07) is 7.85. The first-order chi connectivity index (χ1) is 15.2. The molecule has 0 saturated carbocycles. The van der Waals surface area contributed by atoms with E-state index < -0.39 is 48.1 Å². The van der Waals surface area contributed by atoms with E-state index in [-0.39, 0.29) is 30.2 Å². The number of sulfonamides is 1.